The van der Waals surface area contributed by atoms with Crippen molar-refractivity contribution in [3.63, 3.8) is 0 Å². The fraction of sp³-hybridized carbons (Fsp3) is 0.364. The van der Waals surface area contributed by atoms with Gasteiger partial charge in [-0.1, -0.05) is 74.9 Å². The van der Waals surface area contributed by atoms with E-state index in [0.717, 1.165) is 14.2 Å². The van der Waals surface area contributed by atoms with Gasteiger partial charge in [-0.05, 0) is 24.3 Å². The molecule has 0 amide bonds. The van der Waals surface area contributed by atoms with Crippen molar-refractivity contribution < 1.29 is 30.0 Å². The highest BCUT2D eigenvalue weighted by atomic mass is 16.4. The Bertz CT molecular complexity index is 534. The number of carbonyl (C=O) groups is 2. The van der Waals surface area contributed by atoms with E-state index in [9.17, 15) is 9.59 Å². The van der Waals surface area contributed by atoms with Crippen LogP contribution in [0.4, 0.5) is 0 Å². The maximum Gasteiger partial charge on any atom is 0.335 e. The van der Waals surface area contributed by atoms with Crippen molar-refractivity contribution in [3.05, 3.63) is 71.8 Å². The molecule has 0 saturated heterocycles. The monoisotopic (exact) mass is 392 g/mol. The summed E-state index contributed by atoms with van der Waals surface area (Å²) < 4.78 is 0. The van der Waals surface area contributed by atoms with Crippen molar-refractivity contribution >= 4 is 11.9 Å². The van der Waals surface area contributed by atoms with Crippen LogP contribution in [0.25, 0.3) is 0 Å². The average Bonchev–Trinajstić information content (AvgIpc) is 2.80. The summed E-state index contributed by atoms with van der Waals surface area (Å²) >= 11 is 0. The highest BCUT2D eigenvalue weighted by Crippen LogP contribution is 2.15. The number of carboxylic acids is 2. The molecule has 2 aromatic rings. The first-order chi connectivity index (χ1) is 13.6. The molecule has 2 aromatic carbocycles. The van der Waals surface area contributed by atoms with Crippen molar-refractivity contribution in [1.29, 1.82) is 0 Å². The first kappa shape index (κ1) is 27.5. The van der Waals surface area contributed by atoms with Crippen LogP contribution < -0.4 is 0 Å². The third kappa shape index (κ3) is 15.5. The average molecular weight is 392 g/mol. The molecule has 1 aliphatic rings. The molecule has 0 bridgehead atoms. The van der Waals surface area contributed by atoms with Crippen molar-refractivity contribution in [3.8, 4) is 0 Å². The van der Waals surface area contributed by atoms with Crippen LogP contribution in [-0.2, 0) is 0 Å². The van der Waals surface area contributed by atoms with Crippen molar-refractivity contribution in [2.75, 3.05) is 14.2 Å². The zero-order valence-corrected chi connectivity index (χ0v) is 16.6. The Kier molecular flexibility index (Phi) is 20.3. The molecule has 156 valence electrons. The fourth-order valence-electron chi connectivity index (χ4n) is 2.22. The summed E-state index contributed by atoms with van der Waals surface area (Å²) in [4.78, 5) is 20.4. The van der Waals surface area contributed by atoms with Gasteiger partial charge in [-0.15, -0.1) is 0 Å². The predicted molar refractivity (Wildman–Crippen MR) is 111 cm³/mol. The second-order valence-electron chi connectivity index (χ2n) is 5.46. The van der Waals surface area contributed by atoms with Crippen LogP contribution in [0.3, 0.4) is 0 Å². The van der Waals surface area contributed by atoms with Crippen molar-refractivity contribution in [2.45, 2.75) is 38.5 Å². The summed E-state index contributed by atoms with van der Waals surface area (Å²) in [6.45, 7) is 0. The molecule has 1 saturated carbocycles. The lowest BCUT2D eigenvalue weighted by molar-refractivity contribution is 0.0686. The van der Waals surface area contributed by atoms with Crippen LogP contribution in [0.2, 0.25) is 0 Å². The third-order valence-corrected chi connectivity index (χ3v) is 3.54. The summed E-state index contributed by atoms with van der Waals surface area (Å²) in [5.41, 5.74) is 0.662. The summed E-state index contributed by atoms with van der Waals surface area (Å²) in [7, 11) is 2.00. The van der Waals surface area contributed by atoms with Crippen molar-refractivity contribution in [1.82, 2.24) is 0 Å². The number of carboxylic acid groups (broad SMARTS) is 2. The number of aliphatic hydroxyl groups is 2. The molecule has 0 aromatic heterocycles. The van der Waals surface area contributed by atoms with E-state index in [1.807, 2.05) is 0 Å². The van der Waals surface area contributed by atoms with Crippen LogP contribution in [0.15, 0.2) is 60.7 Å². The van der Waals surface area contributed by atoms with Gasteiger partial charge in [0.05, 0.1) is 11.1 Å². The predicted octanol–water partition coefficient (Wildman–Crippen LogP) is 4.33. The van der Waals surface area contributed by atoms with Crippen LogP contribution >= 0.6 is 0 Å². The largest absolute Gasteiger partial charge is 0.478 e. The minimum absolute atomic E-state index is 0.331. The smallest absolute Gasteiger partial charge is 0.335 e. The lowest BCUT2D eigenvalue weighted by Gasteiger charge is -2.05. The molecule has 0 atom stereocenters. The number of hydrogen-bond donors (Lipinski definition) is 4. The molecule has 0 aliphatic heterocycles. The van der Waals surface area contributed by atoms with Gasteiger partial charge in [0.15, 0.2) is 0 Å². The molecular formula is C22H32O6. The molecule has 0 unspecified atom stereocenters. The van der Waals surface area contributed by atoms with Crippen LogP contribution in [0.5, 0.6) is 0 Å². The molecular weight excluding hydrogens is 360 g/mol. The van der Waals surface area contributed by atoms with Crippen LogP contribution in [0, 0.1) is 0 Å². The molecule has 0 heterocycles. The standard InChI is InChI=1S/2C7H6O2.C6H12.2CH4O/c2*8-7(9)6-4-2-1-3-5-6;1-2-4-6-5-3-1;2*1-2/h2*1-5H,(H,8,9);1-6H2;2*2H,1H3. The van der Waals surface area contributed by atoms with Crippen LogP contribution in [-0.4, -0.2) is 46.6 Å². The molecule has 1 fully saturated rings. The minimum Gasteiger partial charge on any atom is -0.478 e. The Morgan fingerprint density at radius 3 is 0.893 bits per heavy atom. The molecule has 3 rings (SSSR count). The molecule has 6 nitrogen and oxygen atoms in total. The Morgan fingerprint density at radius 1 is 0.536 bits per heavy atom. The third-order valence-electron chi connectivity index (χ3n) is 3.54. The molecule has 1 aliphatic carbocycles. The van der Waals surface area contributed by atoms with E-state index in [1.165, 1.54) is 38.5 Å². The Hall–Kier alpha value is -2.70. The zero-order valence-electron chi connectivity index (χ0n) is 16.6. The molecule has 4 N–H and O–H groups in total. The summed E-state index contributed by atoms with van der Waals surface area (Å²) in [5, 5.41) is 30.8. The lowest BCUT2D eigenvalue weighted by atomic mass is 10.0. The first-order valence-corrected chi connectivity index (χ1v) is 9.07. The summed E-state index contributed by atoms with van der Waals surface area (Å²) in [6, 6.07) is 16.6. The summed E-state index contributed by atoms with van der Waals surface area (Å²) in [5.74, 6) is -1.76. The molecule has 28 heavy (non-hydrogen) atoms. The molecule has 0 spiro atoms. The maximum atomic E-state index is 10.2. The van der Waals surface area contributed by atoms with E-state index in [0.29, 0.717) is 11.1 Å². The number of aliphatic hydroxyl groups excluding tert-OH is 2. The van der Waals surface area contributed by atoms with Gasteiger partial charge >= 0.3 is 11.9 Å². The van der Waals surface area contributed by atoms with E-state index in [1.54, 1.807) is 60.7 Å². The number of hydrogen-bond acceptors (Lipinski definition) is 4. The van der Waals surface area contributed by atoms with E-state index in [-0.39, 0.29) is 0 Å². The lowest BCUT2D eigenvalue weighted by Crippen LogP contribution is -1.93. The highest BCUT2D eigenvalue weighted by Gasteiger charge is 1.97. The number of aromatic carboxylic acids is 2. The second-order valence-corrected chi connectivity index (χ2v) is 5.46. The topological polar surface area (TPSA) is 115 Å². The fourth-order valence-corrected chi connectivity index (χ4v) is 2.22. The van der Waals surface area contributed by atoms with Gasteiger partial charge in [0.1, 0.15) is 0 Å². The van der Waals surface area contributed by atoms with Gasteiger partial charge < -0.3 is 20.4 Å². The van der Waals surface area contributed by atoms with Crippen LogP contribution in [0.1, 0.15) is 59.2 Å². The number of rotatable bonds is 2. The van der Waals surface area contributed by atoms with Gasteiger partial charge in [-0.25, -0.2) is 9.59 Å². The van der Waals surface area contributed by atoms with E-state index in [4.69, 9.17) is 20.4 Å². The van der Waals surface area contributed by atoms with E-state index >= 15 is 0 Å². The quantitative estimate of drug-likeness (QED) is 0.605. The van der Waals surface area contributed by atoms with Gasteiger partial charge in [0.25, 0.3) is 0 Å². The Balaban J connectivity index is 0. The van der Waals surface area contributed by atoms with Gasteiger partial charge in [-0.3, -0.25) is 0 Å². The van der Waals surface area contributed by atoms with E-state index in [2.05, 4.69) is 0 Å². The Labute approximate surface area is 167 Å². The second kappa shape index (κ2) is 20.6. The van der Waals surface area contributed by atoms with Gasteiger partial charge in [-0.2, -0.15) is 0 Å². The first-order valence-electron chi connectivity index (χ1n) is 9.07. The van der Waals surface area contributed by atoms with Gasteiger partial charge in [0.2, 0.25) is 0 Å². The van der Waals surface area contributed by atoms with Gasteiger partial charge in [0, 0.05) is 14.2 Å². The molecule has 6 heteroatoms. The Morgan fingerprint density at radius 2 is 0.750 bits per heavy atom. The van der Waals surface area contributed by atoms with E-state index < -0.39 is 11.9 Å². The maximum absolute atomic E-state index is 10.2. The highest BCUT2D eigenvalue weighted by molar-refractivity contribution is 5.87. The van der Waals surface area contributed by atoms with Crippen molar-refractivity contribution in [2.24, 2.45) is 0 Å². The number of benzene rings is 2. The normalized spacial score (nSPS) is 11.3. The summed E-state index contributed by atoms with van der Waals surface area (Å²) in [6.07, 6.45) is 9.00. The zero-order chi connectivity index (χ0) is 21.6. The SMILES string of the molecule is C1CCCCC1.CO.CO.O=C(O)c1ccccc1.O=C(O)c1ccccc1. The molecule has 0 radical (unpaired) electrons. The minimum atomic E-state index is -0.879.